The Morgan fingerprint density at radius 2 is 1.96 bits per heavy atom. The first-order chi connectivity index (χ1) is 13.4. The van der Waals surface area contributed by atoms with Crippen LogP contribution >= 0.6 is 11.3 Å². The molecule has 3 rings (SSSR count). The number of nitrogens with one attached hydrogen (secondary N) is 1. The quantitative estimate of drug-likeness (QED) is 0.629. The van der Waals surface area contributed by atoms with Crippen LogP contribution < -0.4 is 5.32 Å². The first-order valence-corrected chi connectivity index (χ1v) is 9.83. The zero-order chi connectivity index (χ0) is 20.3. The van der Waals surface area contributed by atoms with Crippen LogP contribution in [0.25, 0.3) is 5.69 Å². The average Bonchev–Trinajstić information content (AvgIpc) is 3.27. The Morgan fingerprint density at radius 1 is 1.25 bits per heavy atom. The molecule has 0 saturated heterocycles. The van der Waals surface area contributed by atoms with Crippen molar-refractivity contribution in [3.05, 3.63) is 58.4 Å². The molecule has 0 bridgehead atoms. The van der Waals surface area contributed by atoms with Crippen LogP contribution in [-0.4, -0.2) is 33.2 Å². The summed E-state index contributed by atoms with van der Waals surface area (Å²) < 4.78 is 6.65. The van der Waals surface area contributed by atoms with Crippen molar-refractivity contribution in [3.63, 3.8) is 0 Å². The number of para-hydroxylation sites is 1. The number of nitrogens with zero attached hydrogens (tertiary/aromatic N) is 3. The first-order valence-electron chi connectivity index (χ1n) is 9.02. The predicted molar refractivity (Wildman–Crippen MR) is 108 cm³/mol. The number of thiazole rings is 1. The van der Waals surface area contributed by atoms with E-state index in [0.717, 1.165) is 22.7 Å². The van der Waals surface area contributed by atoms with Crippen LogP contribution in [0.15, 0.2) is 36.4 Å². The van der Waals surface area contributed by atoms with Gasteiger partial charge in [-0.3, -0.25) is 10.1 Å². The highest BCUT2D eigenvalue weighted by atomic mass is 32.1. The molecule has 0 unspecified atom stereocenters. The summed E-state index contributed by atoms with van der Waals surface area (Å²) in [5.74, 6) is -0.601. The van der Waals surface area contributed by atoms with Gasteiger partial charge in [-0.15, -0.1) is 0 Å². The molecule has 1 amide bonds. The molecular weight excluding hydrogens is 376 g/mol. The molecule has 28 heavy (non-hydrogen) atoms. The molecule has 2 aromatic heterocycles. The molecular formula is C20H22N4O3S. The second-order valence-electron chi connectivity index (χ2n) is 6.46. The van der Waals surface area contributed by atoms with Crippen molar-refractivity contribution in [1.82, 2.24) is 14.8 Å². The standard InChI is InChI=1S/C20H22N4O3S/c1-5-27-19(26)17-13(4)21-20(28-17)22-18(25)16-11-15(12(2)3)23-24(16)14-9-7-6-8-10-14/h6-12H,5H2,1-4H3,(H,21,22,25). The van der Waals surface area contributed by atoms with E-state index in [0.29, 0.717) is 21.4 Å². The van der Waals surface area contributed by atoms with E-state index in [-0.39, 0.29) is 18.4 Å². The number of rotatable bonds is 6. The van der Waals surface area contributed by atoms with E-state index in [2.05, 4.69) is 15.4 Å². The fraction of sp³-hybridized carbons (Fsp3) is 0.300. The summed E-state index contributed by atoms with van der Waals surface area (Å²) in [5, 5.41) is 7.71. The number of anilines is 1. The summed E-state index contributed by atoms with van der Waals surface area (Å²) in [6.07, 6.45) is 0. The van der Waals surface area contributed by atoms with E-state index in [1.54, 1.807) is 24.6 Å². The second-order valence-corrected chi connectivity index (χ2v) is 7.46. The molecule has 0 aliphatic carbocycles. The summed E-state index contributed by atoms with van der Waals surface area (Å²) >= 11 is 1.10. The third kappa shape index (κ3) is 4.12. The maximum absolute atomic E-state index is 12.9. The number of hydrogen-bond acceptors (Lipinski definition) is 6. The van der Waals surface area contributed by atoms with Crippen LogP contribution in [0, 0.1) is 6.92 Å². The third-order valence-corrected chi connectivity index (χ3v) is 5.08. The normalized spacial score (nSPS) is 10.9. The molecule has 7 nitrogen and oxygen atoms in total. The van der Waals surface area contributed by atoms with Gasteiger partial charge >= 0.3 is 5.97 Å². The van der Waals surface area contributed by atoms with E-state index >= 15 is 0 Å². The molecule has 2 heterocycles. The zero-order valence-electron chi connectivity index (χ0n) is 16.2. The van der Waals surface area contributed by atoms with Crippen molar-refractivity contribution in [3.8, 4) is 5.69 Å². The van der Waals surface area contributed by atoms with Crippen LogP contribution in [0.5, 0.6) is 0 Å². The molecule has 0 fully saturated rings. The van der Waals surface area contributed by atoms with Crippen LogP contribution in [0.3, 0.4) is 0 Å². The van der Waals surface area contributed by atoms with Crippen molar-refractivity contribution < 1.29 is 14.3 Å². The molecule has 1 aromatic carbocycles. The molecule has 3 aromatic rings. The van der Waals surface area contributed by atoms with E-state index in [9.17, 15) is 9.59 Å². The number of amides is 1. The van der Waals surface area contributed by atoms with Crippen molar-refractivity contribution in [2.45, 2.75) is 33.6 Å². The fourth-order valence-corrected chi connectivity index (χ4v) is 3.46. The largest absolute Gasteiger partial charge is 0.462 e. The summed E-state index contributed by atoms with van der Waals surface area (Å²) in [4.78, 5) is 29.6. The van der Waals surface area contributed by atoms with Gasteiger partial charge in [0.1, 0.15) is 10.6 Å². The lowest BCUT2D eigenvalue weighted by atomic mass is 10.1. The highest BCUT2D eigenvalue weighted by molar-refractivity contribution is 7.17. The summed E-state index contributed by atoms with van der Waals surface area (Å²) in [6.45, 7) is 7.79. The van der Waals surface area contributed by atoms with Gasteiger partial charge < -0.3 is 4.74 Å². The van der Waals surface area contributed by atoms with Crippen LogP contribution in [0.4, 0.5) is 5.13 Å². The minimum absolute atomic E-state index is 0.175. The molecule has 0 spiro atoms. The number of aromatic nitrogens is 3. The molecule has 0 aliphatic rings. The van der Waals surface area contributed by atoms with E-state index in [1.807, 2.05) is 44.2 Å². The topological polar surface area (TPSA) is 86.1 Å². The minimum atomic E-state index is -0.436. The van der Waals surface area contributed by atoms with Crippen molar-refractivity contribution >= 4 is 28.3 Å². The third-order valence-electron chi connectivity index (χ3n) is 4.03. The van der Waals surface area contributed by atoms with Gasteiger partial charge in [0, 0.05) is 0 Å². The van der Waals surface area contributed by atoms with Crippen molar-refractivity contribution in [2.75, 3.05) is 11.9 Å². The zero-order valence-corrected chi connectivity index (χ0v) is 17.0. The Labute approximate surface area is 167 Å². The van der Waals surface area contributed by atoms with Gasteiger partial charge in [0.05, 0.1) is 23.7 Å². The predicted octanol–water partition coefficient (Wildman–Crippen LogP) is 4.19. The first kappa shape index (κ1) is 19.8. The Hall–Kier alpha value is -3.00. The van der Waals surface area contributed by atoms with Gasteiger partial charge in [-0.2, -0.15) is 5.10 Å². The molecule has 0 atom stereocenters. The number of carbonyl (C=O) groups excluding carboxylic acids is 2. The van der Waals surface area contributed by atoms with E-state index in [1.165, 1.54) is 0 Å². The lowest BCUT2D eigenvalue weighted by Gasteiger charge is -2.06. The molecule has 0 radical (unpaired) electrons. The van der Waals surface area contributed by atoms with Gasteiger partial charge in [-0.25, -0.2) is 14.5 Å². The average molecular weight is 398 g/mol. The Kier molecular flexibility index (Phi) is 5.89. The smallest absolute Gasteiger partial charge is 0.350 e. The number of aryl methyl sites for hydroxylation is 1. The van der Waals surface area contributed by atoms with Crippen LogP contribution in [0.2, 0.25) is 0 Å². The monoisotopic (exact) mass is 398 g/mol. The van der Waals surface area contributed by atoms with Gasteiger partial charge in [0.25, 0.3) is 5.91 Å². The molecule has 146 valence electrons. The van der Waals surface area contributed by atoms with Gasteiger partial charge in [-0.1, -0.05) is 43.4 Å². The maximum Gasteiger partial charge on any atom is 0.350 e. The summed E-state index contributed by atoms with van der Waals surface area (Å²) in [7, 11) is 0. The van der Waals surface area contributed by atoms with Crippen LogP contribution in [0.1, 0.15) is 58.2 Å². The molecule has 0 aliphatic heterocycles. The molecule has 8 heteroatoms. The van der Waals surface area contributed by atoms with E-state index in [4.69, 9.17) is 4.74 Å². The summed E-state index contributed by atoms with van der Waals surface area (Å²) in [5.41, 5.74) is 2.54. The highest BCUT2D eigenvalue weighted by Crippen LogP contribution is 2.25. The molecule has 0 saturated carbocycles. The summed E-state index contributed by atoms with van der Waals surface area (Å²) in [6, 6.07) is 11.2. The fourth-order valence-electron chi connectivity index (χ4n) is 2.61. The maximum atomic E-state index is 12.9. The lowest BCUT2D eigenvalue weighted by molar-refractivity contribution is 0.0531. The number of benzene rings is 1. The molecule has 1 N–H and O–H groups in total. The Balaban J connectivity index is 1.91. The number of carbonyl (C=O) groups is 2. The second kappa shape index (κ2) is 8.35. The van der Waals surface area contributed by atoms with Gasteiger partial charge in [0.15, 0.2) is 5.13 Å². The van der Waals surface area contributed by atoms with Gasteiger partial charge in [-0.05, 0) is 38.0 Å². The minimum Gasteiger partial charge on any atom is -0.462 e. The Morgan fingerprint density at radius 3 is 2.61 bits per heavy atom. The number of esters is 1. The lowest BCUT2D eigenvalue weighted by Crippen LogP contribution is -2.16. The van der Waals surface area contributed by atoms with Crippen LogP contribution in [-0.2, 0) is 4.74 Å². The SMILES string of the molecule is CCOC(=O)c1sc(NC(=O)c2cc(C(C)C)nn2-c2ccccc2)nc1C. The van der Waals surface area contributed by atoms with Gasteiger partial charge in [0.2, 0.25) is 0 Å². The number of hydrogen-bond donors (Lipinski definition) is 1. The van der Waals surface area contributed by atoms with Crippen molar-refractivity contribution in [2.24, 2.45) is 0 Å². The Bertz CT molecular complexity index is 992. The highest BCUT2D eigenvalue weighted by Gasteiger charge is 2.21. The number of ether oxygens (including phenoxy) is 1. The van der Waals surface area contributed by atoms with Crippen molar-refractivity contribution in [1.29, 1.82) is 0 Å². The van der Waals surface area contributed by atoms with E-state index < -0.39 is 5.97 Å².